The van der Waals surface area contributed by atoms with E-state index in [0.29, 0.717) is 17.2 Å². The van der Waals surface area contributed by atoms with Crippen LogP contribution in [0.5, 0.6) is 17.2 Å². The maximum atomic E-state index is 11.4. The molecule has 6 rings (SSSR count). The highest BCUT2D eigenvalue weighted by molar-refractivity contribution is 8.14. The molecule has 0 N–H and O–H groups in total. The quantitative estimate of drug-likeness (QED) is 0.0442. The van der Waals surface area contributed by atoms with Gasteiger partial charge in [-0.25, -0.2) is 77.9 Å². The first-order chi connectivity index (χ1) is 40.8. The molecule has 0 bridgehead atoms. The lowest BCUT2D eigenvalue weighted by Crippen LogP contribution is -2.30. The summed E-state index contributed by atoms with van der Waals surface area (Å²) in [6.45, 7) is 8.70. The Labute approximate surface area is 505 Å². The Hall–Kier alpha value is -6.56. The van der Waals surface area contributed by atoms with Gasteiger partial charge >= 0.3 is 41.7 Å². The molecule has 49 heteroatoms. The number of halogens is 18. The Balaban J connectivity index is 0.000000392. The van der Waals surface area contributed by atoms with Crippen LogP contribution in [-0.4, -0.2) is 97.3 Å². The Kier molecular flexibility index (Phi) is 24.9. The van der Waals surface area contributed by atoms with Crippen LogP contribution in [0.4, 0.5) is 79.0 Å². The molecule has 0 fully saturated rings. The van der Waals surface area contributed by atoms with Crippen molar-refractivity contribution >= 4 is 68.7 Å². The topological polar surface area (TPSA) is 301 Å². The van der Waals surface area contributed by atoms with Gasteiger partial charge in [0.05, 0.1) is 21.1 Å². The number of aromatic nitrogens is 6. The maximum absolute atomic E-state index is 11.4. The molecule has 0 unspecified atom stereocenters. The predicted molar refractivity (Wildman–Crippen MR) is 276 cm³/mol. The van der Waals surface area contributed by atoms with Crippen molar-refractivity contribution in [1.82, 2.24) is 13.7 Å². The minimum atomic E-state index is -6.72. The summed E-state index contributed by atoms with van der Waals surface area (Å²) in [5.74, 6) is 5.63. The number of nitrogens with zero attached hydrogens (tertiary/aromatic N) is 9. The van der Waals surface area contributed by atoms with Gasteiger partial charge in [-0.1, -0.05) is 36.4 Å². The summed E-state index contributed by atoms with van der Waals surface area (Å²) < 4.78 is 360. The van der Waals surface area contributed by atoms with Crippen LogP contribution < -0.4 is 27.3 Å². The summed E-state index contributed by atoms with van der Waals surface area (Å²) in [7, 11) is -36.0. The molecule has 0 amide bonds. The zero-order valence-electron chi connectivity index (χ0n) is 45.9. The van der Waals surface area contributed by atoms with Crippen molar-refractivity contribution in [2.24, 2.45) is 21.1 Å². The van der Waals surface area contributed by atoms with E-state index >= 15 is 0 Å². The van der Waals surface area contributed by atoms with Crippen molar-refractivity contribution < 1.29 is 157 Å². The largest absolute Gasteiger partial charge is 0.530 e. The van der Waals surface area contributed by atoms with Gasteiger partial charge < -0.3 is 26.0 Å². The van der Waals surface area contributed by atoms with Gasteiger partial charge in [-0.3, -0.25) is 0 Å². The van der Waals surface area contributed by atoms with Gasteiger partial charge in [-0.15, -0.1) is 0 Å². The number of imidazole rings is 3. The van der Waals surface area contributed by atoms with E-state index in [1.54, 1.807) is 0 Å². The molecule has 3 aromatic carbocycles. The molecule has 91 heavy (non-hydrogen) atoms. The molecule has 512 valence electrons. The Morgan fingerprint density at radius 1 is 0.341 bits per heavy atom. The molecule has 0 atom stereocenters. The van der Waals surface area contributed by atoms with E-state index < -0.39 is 102 Å². The standard InChI is InChI=1S/C36H42N6O3P.3C2F6NO4S2/c1-28-37(4)19-22-40(28)25-31-7-13-34(14-8-31)43-46(44-35-15-9-32(10-16-35)26-41-23-20-38(5)29(41)2)45-36-17-11-33(12-18-36)27-42-24-21-39(6)30(42)3;3*3-1(4,5)14(10,11)9-15(12,13)2(6,7)8/h7-24H,25-27H2,1-6H3;;;/q+3;3*-1. The average molecular weight is 1480 g/mol. The van der Waals surface area contributed by atoms with Crippen molar-refractivity contribution in [3.05, 3.63) is 157 Å². The highest BCUT2D eigenvalue weighted by Crippen LogP contribution is 2.43. The summed E-state index contributed by atoms with van der Waals surface area (Å²) >= 11 is 0. The van der Waals surface area contributed by atoms with Crippen molar-refractivity contribution in [1.29, 1.82) is 0 Å². The molecule has 3 heterocycles. The number of sulfonamides is 6. The Bertz CT molecular complexity index is 3630. The third-order valence-corrected chi connectivity index (χ3v) is 20.2. The van der Waals surface area contributed by atoms with Gasteiger partial charge in [0.2, 0.25) is 0 Å². The molecule has 0 radical (unpaired) electrons. The fourth-order valence-corrected chi connectivity index (χ4v) is 11.9. The van der Waals surface area contributed by atoms with E-state index in [1.807, 2.05) is 36.4 Å². The van der Waals surface area contributed by atoms with E-state index in [0.717, 1.165) is 32.0 Å². The molecule has 3 aromatic heterocycles. The van der Waals surface area contributed by atoms with Crippen LogP contribution in [0.2, 0.25) is 0 Å². The summed E-state index contributed by atoms with van der Waals surface area (Å²) in [6.07, 6.45) is 12.5. The predicted octanol–water partition coefficient (Wildman–Crippen LogP) is 8.58. The zero-order chi connectivity index (χ0) is 70.3. The molecule has 0 aliphatic carbocycles. The van der Waals surface area contributed by atoms with Gasteiger partial charge in [-0.05, 0) is 53.1 Å². The van der Waals surface area contributed by atoms with Crippen molar-refractivity contribution in [3.8, 4) is 17.2 Å². The summed E-state index contributed by atoms with van der Waals surface area (Å²) in [5.41, 5.74) is -33.7. The first-order valence-corrected chi connectivity index (χ1v) is 32.8. The molecule has 0 saturated heterocycles. The minimum Gasteiger partial charge on any atom is -0.421 e. The second-order valence-corrected chi connectivity index (χ2v) is 28.7. The number of aryl methyl sites for hydroxylation is 3. The summed E-state index contributed by atoms with van der Waals surface area (Å²) in [5, 5.41) is 0. The van der Waals surface area contributed by atoms with Crippen LogP contribution in [0.15, 0.2) is 110 Å². The van der Waals surface area contributed by atoms with Crippen molar-refractivity contribution in [2.75, 3.05) is 0 Å². The smallest absolute Gasteiger partial charge is 0.421 e. The van der Waals surface area contributed by atoms with Gasteiger partial charge in [-0.2, -0.15) is 79.0 Å². The highest BCUT2D eigenvalue weighted by atomic mass is 32.3. The molecule has 0 aliphatic heterocycles. The van der Waals surface area contributed by atoms with E-state index in [2.05, 4.69) is 143 Å². The monoisotopic (exact) mass is 1480 g/mol. The van der Waals surface area contributed by atoms with Crippen molar-refractivity contribution in [2.45, 2.75) is 73.5 Å². The lowest BCUT2D eigenvalue weighted by Gasteiger charge is -2.22. The van der Waals surface area contributed by atoms with E-state index in [-0.39, 0.29) is 0 Å². The van der Waals surface area contributed by atoms with Crippen LogP contribution in [0.1, 0.15) is 34.2 Å². The molecule has 6 aromatic rings. The van der Waals surface area contributed by atoms with Gasteiger partial charge in [0.1, 0.15) is 74.1 Å². The molecular formula is C42H42F18N9O15PS6. The number of rotatable bonds is 18. The van der Waals surface area contributed by atoms with E-state index in [9.17, 15) is 130 Å². The average Bonchev–Trinajstić information content (AvgIpc) is 1.75. The number of hydrogen-bond donors (Lipinski definition) is 0. The normalized spacial score (nSPS) is 13.3. The SMILES string of the molecule is Cc1n(Cc2ccc(OP(Oc3ccc(Cn4cc[n+](C)c4C)cc3)Oc3ccc(Cn4cc[n+](C)c4C)cc3)cc2)cc[n+]1C.O=S(=O)([N-]S(=O)(=O)C(F)(F)F)C(F)(F)F.O=S(=O)([N-]S(=O)(=O)C(F)(F)F)C(F)(F)F.O=S(=O)([N-]S(=O)(=O)C(F)(F)F)C(F)(F)F. The first-order valence-electron chi connectivity index (χ1n) is 23.1. The van der Waals surface area contributed by atoms with Crippen molar-refractivity contribution in [3.63, 3.8) is 0 Å². The second kappa shape index (κ2) is 28.8. The molecule has 0 spiro atoms. The maximum Gasteiger partial charge on any atom is 0.530 e. The first kappa shape index (κ1) is 78.7. The summed E-state index contributed by atoms with van der Waals surface area (Å²) in [4.78, 5) is 0. The van der Waals surface area contributed by atoms with Gasteiger partial charge in [0.15, 0.2) is 60.1 Å². The third kappa shape index (κ3) is 22.0. The second-order valence-electron chi connectivity index (χ2n) is 17.4. The van der Waals surface area contributed by atoms with E-state index in [1.165, 1.54) is 34.2 Å². The Morgan fingerprint density at radius 2 is 0.505 bits per heavy atom. The van der Waals surface area contributed by atoms with Crippen LogP contribution in [0.25, 0.3) is 12.4 Å². The highest BCUT2D eigenvalue weighted by Gasteiger charge is 2.49. The minimum absolute atomic E-state index is 0.685. The lowest BCUT2D eigenvalue weighted by atomic mass is 10.2. The number of hydrogen-bond acceptors (Lipinski definition) is 15. The Morgan fingerprint density at radius 3 is 0.637 bits per heavy atom. The summed E-state index contributed by atoms with van der Waals surface area (Å²) in [6, 6.07) is 24.3. The van der Waals surface area contributed by atoms with Gasteiger partial charge in [0.25, 0.3) is 17.5 Å². The van der Waals surface area contributed by atoms with Crippen LogP contribution in [0.3, 0.4) is 0 Å². The molecular weight excluding hydrogens is 1440 g/mol. The fraction of sp³-hybridized carbons (Fsp3) is 0.357. The molecule has 0 saturated carbocycles. The van der Waals surface area contributed by atoms with Crippen LogP contribution in [-0.2, 0) is 101 Å². The van der Waals surface area contributed by atoms with Crippen LogP contribution >= 0.6 is 8.60 Å². The van der Waals surface area contributed by atoms with E-state index in [4.69, 9.17) is 13.6 Å². The fourth-order valence-electron chi connectivity index (χ4n) is 5.81. The number of benzene rings is 3. The number of alkyl halides is 18. The third-order valence-electron chi connectivity index (χ3n) is 10.9. The van der Waals surface area contributed by atoms with Crippen LogP contribution in [0, 0.1) is 20.8 Å². The zero-order valence-corrected chi connectivity index (χ0v) is 51.7. The lowest BCUT2D eigenvalue weighted by molar-refractivity contribution is -0.677. The molecule has 0 aliphatic rings. The van der Waals surface area contributed by atoms with Gasteiger partial charge in [0, 0.05) is 20.8 Å². The molecule has 24 nitrogen and oxygen atoms in total.